The van der Waals surface area contributed by atoms with Crippen LogP contribution in [-0.2, 0) is 0 Å². The van der Waals surface area contributed by atoms with Crippen molar-refractivity contribution in [2.24, 2.45) is 15.8 Å². The number of nitrogens with zero attached hydrogens (tertiary/aromatic N) is 1. The molecule has 168 valence electrons. The normalized spacial score (nSPS) is 14.9. The minimum atomic E-state index is -0.117. The lowest BCUT2D eigenvalue weighted by Gasteiger charge is -2.35. The van der Waals surface area contributed by atoms with Crippen molar-refractivity contribution < 1.29 is 0 Å². The molecule has 0 amide bonds. The topological polar surface area (TPSA) is 12.4 Å². The molecule has 0 aliphatic heterocycles. The van der Waals surface area contributed by atoms with E-state index in [1.165, 1.54) is 0 Å². The largest absolute Gasteiger partial charge is 0.248 e. The monoisotopic (exact) mass is 417 g/mol. The standard InChI is InChI=1S/C30H43N/c1-14-18-20-27(24(7)25(8)30(12,13)21-29(9,10)11)31-28(23(6)17-4)26(19-15-2)22(5)16-3/h14-20H,1,3-4,7-8,21H2,2,5-6,9-13H3/b19-15-,20-18-,26-22-,28-23+,31-27+. The molecule has 0 aromatic carbocycles. The Morgan fingerprint density at radius 3 is 1.84 bits per heavy atom. The third kappa shape index (κ3) is 8.92. The summed E-state index contributed by atoms with van der Waals surface area (Å²) in [5.41, 5.74) is 6.52. The van der Waals surface area contributed by atoms with Crippen molar-refractivity contribution in [3.8, 4) is 0 Å². The summed E-state index contributed by atoms with van der Waals surface area (Å²) in [6.45, 7) is 37.8. The van der Waals surface area contributed by atoms with Gasteiger partial charge in [0.2, 0.25) is 0 Å². The second-order valence-electron chi connectivity index (χ2n) is 9.71. The van der Waals surface area contributed by atoms with E-state index in [2.05, 4.69) is 73.6 Å². The Labute approximate surface area is 192 Å². The zero-order valence-corrected chi connectivity index (χ0v) is 21.2. The first-order valence-electron chi connectivity index (χ1n) is 10.8. The molecule has 31 heavy (non-hydrogen) atoms. The second kappa shape index (κ2) is 12.2. The van der Waals surface area contributed by atoms with Crippen LogP contribution in [0.4, 0.5) is 0 Å². The van der Waals surface area contributed by atoms with Crippen LogP contribution in [0.3, 0.4) is 0 Å². The van der Waals surface area contributed by atoms with Gasteiger partial charge in [-0.3, -0.25) is 0 Å². The summed E-state index contributed by atoms with van der Waals surface area (Å²) in [6, 6.07) is 0. The molecule has 0 aromatic heterocycles. The van der Waals surface area contributed by atoms with Crippen LogP contribution in [0.5, 0.6) is 0 Å². The Morgan fingerprint density at radius 2 is 1.42 bits per heavy atom. The quantitative estimate of drug-likeness (QED) is 0.234. The van der Waals surface area contributed by atoms with Crippen molar-refractivity contribution in [1.82, 2.24) is 0 Å². The Morgan fingerprint density at radius 1 is 0.871 bits per heavy atom. The van der Waals surface area contributed by atoms with Crippen molar-refractivity contribution >= 4 is 5.71 Å². The molecule has 0 rings (SSSR count). The van der Waals surface area contributed by atoms with Gasteiger partial charge in [0, 0.05) is 5.57 Å². The highest BCUT2D eigenvalue weighted by atomic mass is 14.8. The molecule has 0 saturated carbocycles. The molecule has 0 aromatic rings. The highest BCUT2D eigenvalue weighted by molar-refractivity contribution is 6.11. The van der Waals surface area contributed by atoms with Gasteiger partial charge in [-0.25, -0.2) is 4.99 Å². The van der Waals surface area contributed by atoms with Gasteiger partial charge in [0.05, 0.1) is 11.4 Å². The van der Waals surface area contributed by atoms with Crippen LogP contribution in [0.15, 0.2) is 114 Å². The predicted octanol–water partition coefficient (Wildman–Crippen LogP) is 9.28. The van der Waals surface area contributed by atoms with Crippen molar-refractivity contribution in [2.45, 2.75) is 61.8 Å². The summed E-state index contributed by atoms with van der Waals surface area (Å²) >= 11 is 0. The zero-order valence-electron chi connectivity index (χ0n) is 21.2. The molecule has 1 heteroatoms. The summed E-state index contributed by atoms with van der Waals surface area (Å²) in [7, 11) is 0. The number of hydrogen-bond donors (Lipinski definition) is 0. The van der Waals surface area contributed by atoms with Crippen LogP contribution in [0, 0.1) is 10.8 Å². The zero-order chi connectivity index (χ0) is 24.4. The number of hydrogen-bond acceptors (Lipinski definition) is 1. The maximum absolute atomic E-state index is 5.08. The number of allylic oxidation sites excluding steroid dienone is 11. The molecular weight excluding hydrogens is 374 g/mol. The van der Waals surface area contributed by atoms with E-state index >= 15 is 0 Å². The first kappa shape index (κ1) is 28.3. The fourth-order valence-corrected chi connectivity index (χ4v) is 3.61. The molecule has 0 heterocycles. The lowest BCUT2D eigenvalue weighted by atomic mass is 9.70. The van der Waals surface area contributed by atoms with Crippen molar-refractivity contribution in [2.75, 3.05) is 0 Å². The van der Waals surface area contributed by atoms with Gasteiger partial charge < -0.3 is 0 Å². The van der Waals surface area contributed by atoms with Crippen molar-refractivity contribution in [3.05, 3.63) is 109 Å². The molecule has 0 radical (unpaired) electrons. The maximum Gasteiger partial charge on any atom is 0.0740 e. The lowest BCUT2D eigenvalue weighted by molar-refractivity contribution is 0.253. The van der Waals surface area contributed by atoms with Gasteiger partial charge >= 0.3 is 0 Å². The first-order chi connectivity index (χ1) is 14.2. The summed E-state index contributed by atoms with van der Waals surface area (Å²) < 4.78 is 0. The molecule has 0 N–H and O–H groups in total. The van der Waals surface area contributed by atoms with Gasteiger partial charge in [-0.05, 0) is 66.4 Å². The Hall–Kier alpha value is -2.67. The Kier molecular flexibility index (Phi) is 11.2. The molecule has 1 nitrogen and oxygen atoms in total. The average Bonchev–Trinajstić information content (AvgIpc) is 2.68. The molecule has 0 spiro atoms. The van der Waals surface area contributed by atoms with Gasteiger partial charge in [0.15, 0.2) is 0 Å². The van der Waals surface area contributed by atoms with Crippen molar-refractivity contribution in [3.63, 3.8) is 0 Å². The maximum atomic E-state index is 5.08. The summed E-state index contributed by atoms with van der Waals surface area (Å²) in [6.07, 6.45) is 14.3. The molecule has 0 aliphatic rings. The molecule has 0 atom stereocenters. The molecular formula is C30H43N. The summed E-state index contributed by atoms with van der Waals surface area (Å²) in [5.74, 6) is 0. The number of aliphatic imine (C=N–C) groups is 1. The van der Waals surface area contributed by atoms with E-state index in [-0.39, 0.29) is 10.8 Å². The highest BCUT2D eigenvalue weighted by Gasteiger charge is 2.30. The minimum absolute atomic E-state index is 0.117. The smallest absolute Gasteiger partial charge is 0.0740 e. The van der Waals surface area contributed by atoms with Crippen LogP contribution in [-0.4, -0.2) is 5.71 Å². The van der Waals surface area contributed by atoms with E-state index in [1.807, 2.05) is 51.2 Å². The van der Waals surface area contributed by atoms with Gasteiger partial charge in [0.25, 0.3) is 0 Å². The molecule has 0 fully saturated rings. The Balaban J connectivity index is 6.80. The van der Waals surface area contributed by atoms with Gasteiger partial charge in [-0.2, -0.15) is 0 Å². The number of rotatable bonds is 11. The molecule has 0 aliphatic carbocycles. The van der Waals surface area contributed by atoms with Gasteiger partial charge in [0.1, 0.15) is 0 Å². The first-order valence-corrected chi connectivity index (χ1v) is 10.8. The fraction of sp³-hybridized carbons (Fsp3) is 0.367. The van der Waals surface area contributed by atoms with Crippen LogP contribution < -0.4 is 0 Å². The molecule has 0 bridgehead atoms. The van der Waals surface area contributed by atoms with Crippen LogP contribution in [0.1, 0.15) is 61.8 Å². The van der Waals surface area contributed by atoms with Crippen LogP contribution >= 0.6 is 0 Å². The lowest BCUT2D eigenvalue weighted by Crippen LogP contribution is -2.24. The van der Waals surface area contributed by atoms with Crippen LogP contribution in [0.25, 0.3) is 0 Å². The highest BCUT2D eigenvalue weighted by Crippen LogP contribution is 2.41. The van der Waals surface area contributed by atoms with E-state index < -0.39 is 0 Å². The van der Waals surface area contributed by atoms with Gasteiger partial charge in [-0.1, -0.05) is 104 Å². The van der Waals surface area contributed by atoms with Crippen LogP contribution in [0.2, 0.25) is 0 Å². The molecule has 0 saturated heterocycles. The van der Waals surface area contributed by atoms with E-state index in [1.54, 1.807) is 6.08 Å². The summed E-state index contributed by atoms with van der Waals surface area (Å²) in [4.78, 5) is 5.08. The third-order valence-electron chi connectivity index (χ3n) is 5.08. The second-order valence-corrected chi connectivity index (χ2v) is 9.71. The predicted molar refractivity (Wildman–Crippen MR) is 144 cm³/mol. The Bertz CT molecular complexity index is 868. The SMILES string of the molecule is C=C\C=C/C(=N\C(C(\C=C/C)=C(\C)C=C)=C(/C)C=C)C(=C)C(=C)C(C)(C)CC(C)(C)C. The molecule has 0 unspecified atom stereocenters. The van der Waals surface area contributed by atoms with Gasteiger partial charge in [-0.15, -0.1) is 0 Å². The fourth-order valence-electron chi connectivity index (χ4n) is 3.61. The minimum Gasteiger partial charge on any atom is -0.248 e. The van der Waals surface area contributed by atoms with E-state index in [0.29, 0.717) is 0 Å². The third-order valence-corrected chi connectivity index (χ3v) is 5.08. The van der Waals surface area contributed by atoms with E-state index in [0.717, 1.165) is 45.7 Å². The van der Waals surface area contributed by atoms with E-state index in [9.17, 15) is 0 Å². The van der Waals surface area contributed by atoms with Crippen molar-refractivity contribution in [1.29, 1.82) is 0 Å². The summed E-state index contributed by atoms with van der Waals surface area (Å²) in [5, 5.41) is 0. The van der Waals surface area contributed by atoms with E-state index in [4.69, 9.17) is 4.99 Å². The average molecular weight is 418 g/mol.